The van der Waals surface area contributed by atoms with Gasteiger partial charge in [0.15, 0.2) is 17.2 Å². The number of esters is 1. The van der Waals surface area contributed by atoms with Crippen molar-refractivity contribution in [1.29, 1.82) is 0 Å². The highest BCUT2D eigenvalue weighted by Crippen LogP contribution is 2.30. The van der Waals surface area contributed by atoms with E-state index in [9.17, 15) is 23.7 Å². The number of nitro groups is 1. The van der Waals surface area contributed by atoms with Gasteiger partial charge in [0, 0.05) is 6.07 Å². The number of carbonyl (C=O) groups excluding carboxylic acids is 1. The van der Waals surface area contributed by atoms with E-state index in [2.05, 4.69) is 4.74 Å². The van der Waals surface area contributed by atoms with Gasteiger partial charge >= 0.3 is 18.3 Å². The van der Waals surface area contributed by atoms with Crippen LogP contribution in [-0.4, -0.2) is 31.2 Å². The summed E-state index contributed by atoms with van der Waals surface area (Å²) in [5.41, 5.74) is 0.0681. The maximum Gasteiger partial charge on any atom is 0.387 e. The normalized spacial score (nSPS) is 10.5. The summed E-state index contributed by atoms with van der Waals surface area (Å²) in [6.45, 7) is -1.30. The van der Waals surface area contributed by atoms with Crippen LogP contribution in [0.5, 0.6) is 17.2 Å². The number of halogens is 2. The van der Waals surface area contributed by atoms with Crippen molar-refractivity contribution >= 4 is 11.7 Å². The molecular formula is C18H17F2NO7. The number of ether oxygens (including phenoxy) is 4. The number of hydrogen-bond acceptors (Lipinski definition) is 7. The number of nitro benzene ring substituents is 1. The molecule has 0 fully saturated rings. The second kappa shape index (κ2) is 9.49. The number of benzene rings is 2. The molecule has 8 nitrogen and oxygen atoms in total. The van der Waals surface area contributed by atoms with Gasteiger partial charge in [0.2, 0.25) is 0 Å². The zero-order valence-corrected chi connectivity index (χ0v) is 15.0. The molecule has 2 rings (SSSR count). The van der Waals surface area contributed by atoms with Crippen molar-refractivity contribution in [3.05, 3.63) is 57.6 Å². The summed E-state index contributed by atoms with van der Waals surface area (Å²) in [5, 5.41) is 11.1. The van der Waals surface area contributed by atoms with Gasteiger partial charge in [-0.05, 0) is 36.8 Å². The Balaban J connectivity index is 2.11. The quantitative estimate of drug-likeness (QED) is 0.359. The van der Waals surface area contributed by atoms with Crippen LogP contribution in [0, 0.1) is 10.1 Å². The number of nitrogens with zero attached hydrogens (tertiary/aromatic N) is 1. The van der Waals surface area contributed by atoms with Gasteiger partial charge in [0.25, 0.3) is 0 Å². The van der Waals surface area contributed by atoms with Crippen molar-refractivity contribution in [2.75, 3.05) is 13.7 Å². The van der Waals surface area contributed by atoms with Crippen LogP contribution in [0.1, 0.15) is 22.8 Å². The average Bonchev–Trinajstić information content (AvgIpc) is 2.66. The van der Waals surface area contributed by atoms with Crippen LogP contribution in [-0.2, 0) is 11.3 Å². The zero-order valence-electron chi connectivity index (χ0n) is 15.0. The van der Waals surface area contributed by atoms with Crippen LogP contribution in [0.2, 0.25) is 0 Å². The predicted octanol–water partition coefficient (Wildman–Crippen LogP) is 3.96. The van der Waals surface area contributed by atoms with Crippen LogP contribution in [0.25, 0.3) is 0 Å². The lowest BCUT2D eigenvalue weighted by Crippen LogP contribution is -2.07. The molecule has 0 aromatic heterocycles. The Morgan fingerprint density at radius 3 is 2.46 bits per heavy atom. The third-order valence-electron chi connectivity index (χ3n) is 3.51. The molecule has 2 aromatic rings. The minimum atomic E-state index is -3.01. The van der Waals surface area contributed by atoms with Crippen LogP contribution >= 0.6 is 0 Å². The molecule has 0 amide bonds. The summed E-state index contributed by atoms with van der Waals surface area (Å²) < 4.78 is 44.2. The molecule has 150 valence electrons. The van der Waals surface area contributed by atoms with E-state index in [1.807, 2.05) is 0 Å². The summed E-state index contributed by atoms with van der Waals surface area (Å²) in [4.78, 5) is 22.7. The van der Waals surface area contributed by atoms with Gasteiger partial charge < -0.3 is 18.9 Å². The Morgan fingerprint density at radius 2 is 1.86 bits per heavy atom. The topological polar surface area (TPSA) is 97.1 Å². The molecule has 28 heavy (non-hydrogen) atoms. The highest BCUT2D eigenvalue weighted by Gasteiger charge is 2.19. The van der Waals surface area contributed by atoms with Crippen LogP contribution < -0.4 is 14.2 Å². The Labute approximate surface area is 158 Å². The molecular weight excluding hydrogens is 380 g/mol. The van der Waals surface area contributed by atoms with E-state index in [1.54, 1.807) is 6.92 Å². The van der Waals surface area contributed by atoms with Crippen molar-refractivity contribution in [3.8, 4) is 17.2 Å². The smallest absolute Gasteiger partial charge is 0.387 e. The first-order chi connectivity index (χ1) is 13.3. The number of rotatable bonds is 9. The first-order valence-electron chi connectivity index (χ1n) is 8.05. The summed E-state index contributed by atoms with van der Waals surface area (Å²) in [7, 11) is 1.28. The van der Waals surface area contributed by atoms with E-state index in [1.165, 1.54) is 37.4 Å². The lowest BCUT2D eigenvalue weighted by molar-refractivity contribution is -0.385. The Bertz CT molecular complexity index is 858. The highest BCUT2D eigenvalue weighted by molar-refractivity contribution is 5.90. The molecule has 2 aromatic carbocycles. The lowest BCUT2D eigenvalue weighted by atomic mass is 10.2. The first kappa shape index (κ1) is 20.9. The van der Waals surface area contributed by atoms with E-state index in [-0.39, 0.29) is 41.7 Å². The monoisotopic (exact) mass is 397 g/mol. The summed E-state index contributed by atoms with van der Waals surface area (Å²) in [6.07, 6.45) is 0. The average molecular weight is 397 g/mol. The molecule has 0 atom stereocenters. The number of carbonyl (C=O) groups is 1. The SMILES string of the molecule is CCOc1ccc(C(=O)OCc2ccc(OC(F)F)c(OC)c2)cc1[N+](=O)[O-]. The minimum absolute atomic E-state index is 0.0280. The molecule has 0 aliphatic heterocycles. The van der Waals surface area contributed by atoms with Crippen molar-refractivity contribution in [2.24, 2.45) is 0 Å². The second-order valence-corrected chi connectivity index (χ2v) is 5.31. The Kier molecular flexibility index (Phi) is 7.08. The fourth-order valence-corrected chi connectivity index (χ4v) is 2.29. The largest absolute Gasteiger partial charge is 0.493 e. The van der Waals surface area contributed by atoms with Crippen molar-refractivity contribution in [2.45, 2.75) is 20.1 Å². The van der Waals surface area contributed by atoms with Gasteiger partial charge in [-0.3, -0.25) is 10.1 Å². The molecule has 10 heteroatoms. The third-order valence-corrected chi connectivity index (χ3v) is 3.51. The molecule has 0 saturated heterocycles. The van der Waals surface area contributed by atoms with Gasteiger partial charge in [-0.15, -0.1) is 0 Å². The molecule has 0 unspecified atom stereocenters. The van der Waals surface area contributed by atoms with E-state index in [0.717, 1.165) is 6.07 Å². The minimum Gasteiger partial charge on any atom is -0.493 e. The van der Waals surface area contributed by atoms with Crippen LogP contribution in [0.15, 0.2) is 36.4 Å². The van der Waals surface area contributed by atoms with Crippen LogP contribution in [0.3, 0.4) is 0 Å². The molecule has 0 N–H and O–H groups in total. The molecule has 0 radical (unpaired) electrons. The lowest BCUT2D eigenvalue weighted by Gasteiger charge is -2.12. The summed E-state index contributed by atoms with van der Waals surface area (Å²) in [6, 6.07) is 7.79. The van der Waals surface area contributed by atoms with Crippen molar-refractivity contribution < 1.29 is 37.4 Å². The van der Waals surface area contributed by atoms with E-state index in [0.29, 0.717) is 5.56 Å². The number of methoxy groups -OCH3 is 1. The summed E-state index contributed by atoms with van der Waals surface area (Å²) >= 11 is 0. The van der Waals surface area contributed by atoms with Crippen LogP contribution in [0.4, 0.5) is 14.5 Å². The molecule has 0 saturated carbocycles. The molecule has 0 aliphatic rings. The molecule has 0 spiro atoms. The van der Waals surface area contributed by atoms with E-state index in [4.69, 9.17) is 14.2 Å². The number of hydrogen-bond donors (Lipinski definition) is 0. The Hall–Kier alpha value is -3.43. The van der Waals surface area contributed by atoms with Gasteiger partial charge in [0.05, 0.1) is 24.2 Å². The maximum absolute atomic E-state index is 12.3. The Morgan fingerprint density at radius 1 is 1.14 bits per heavy atom. The van der Waals surface area contributed by atoms with Gasteiger partial charge in [-0.25, -0.2) is 4.79 Å². The standard InChI is InChI=1S/C18H17F2NO7/c1-3-26-14-7-5-12(9-13(14)21(23)24)17(22)27-10-11-4-6-15(28-18(19)20)16(8-11)25-2/h4-9,18H,3,10H2,1-2H3. The molecule has 0 bridgehead atoms. The molecule has 0 aliphatic carbocycles. The van der Waals surface area contributed by atoms with Gasteiger partial charge in [-0.2, -0.15) is 8.78 Å². The van der Waals surface area contributed by atoms with Crippen molar-refractivity contribution in [3.63, 3.8) is 0 Å². The number of alkyl halides is 2. The fraction of sp³-hybridized carbons (Fsp3) is 0.278. The highest BCUT2D eigenvalue weighted by atomic mass is 19.3. The fourth-order valence-electron chi connectivity index (χ4n) is 2.29. The second-order valence-electron chi connectivity index (χ2n) is 5.31. The first-order valence-corrected chi connectivity index (χ1v) is 8.05. The van der Waals surface area contributed by atoms with Crippen molar-refractivity contribution in [1.82, 2.24) is 0 Å². The third kappa shape index (κ3) is 5.29. The van der Waals surface area contributed by atoms with E-state index >= 15 is 0 Å². The van der Waals surface area contributed by atoms with Gasteiger partial charge in [-0.1, -0.05) is 6.07 Å². The predicted molar refractivity (Wildman–Crippen MR) is 93.0 cm³/mol. The maximum atomic E-state index is 12.3. The van der Waals surface area contributed by atoms with E-state index < -0.39 is 17.5 Å². The molecule has 0 heterocycles. The van der Waals surface area contributed by atoms with Gasteiger partial charge in [0.1, 0.15) is 6.61 Å². The zero-order chi connectivity index (χ0) is 20.7. The summed E-state index contributed by atoms with van der Waals surface area (Å²) in [5.74, 6) is -0.860.